The van der Waals surface area contributed by atoms with Gasteiger partial charge in [-0.15, -0.1) is 11.8 Å². The number of aromatic nitrogens is 1. The highest BCUT2D eigenvalue weighted by Crippen LogP contribution is 2.59. The zero-order valence-electron chi connectivity index (χ0n) is 15.1. The van der Waals surface area contributed by atoms with Gasteiger partial charge in [0, 0.05) is 32.4 Å². The topological polar surface area (TPSA) is 12.9 Å². The first kappa shape index (κ1) is 15.2. The third kappa shape index (κ3) is 1.89. The Morgan fingerprint density at radius 2 is 1.56 bits per heavy atom. The van der Waals surface area contributed by atoms with Gasteiger partial charge < -0.3 is 0 Å². The Kier molecular flexibility index (Phi) is 2.90. The normalized spacial score (nSPS) is 18.1. The van der Waals surface area contributed by atoms with E-state index >= 15 is 0 Å². The second kappa shape index (κ2) is 4.76. The lowest BCUT2D eigenvalue weighted by atomic mass is 9.77. The highest BCUT2D eigenvalue weighted by Gasteiger charge is 2.42. The maximum atomic E-state index is 4.72. The van der Waals surface area contributed by atoms with Crippen LogP contribution in [0.5, 0.6) is 0 Å². The Morgan fingerprint density at radius 1 is 0.800 bits per heavy atom. The number of nitrogens with zero attached hydrogens (tertiary/aromatic N) is 1. The standard InChI is InChI=1S/C23H21NS/c1-22(2)17-10-7-13-24-21(17)15-11-12-18-19(20(15)22)14-8-5-6-9-16(14)23(3,4)25-18/h5-13H,1-4H3. The van der Waals surface area contributed by atoms with Crippen molar-refractivity contribution in [3.63, 3.8) is 0 Å². The van der Waals surface area contributed by atoms with Crippen molar-refractivity contribution in [2.24, 2.45) is 0 Å². The molecule has 1 nitrogen and oxygen atoms in total. The van der Waals surface area contributed by atoms with E-state index in [2.05, 4.69) is 76.2 Å². The molecule has 0 saturated carbocycles. The number of pyridine rings is 1. The molecular weight excluding hydrogens is 322 g/mol. The molecule has 0 amide bonds. The van der Waals surface area contributed by atoms with Crippen LogP contribution in [0, 0.1) is 0 Å². The van der Waals surface area contributed by atoms with Crippen LogP contribution in [0.4, 0.5) is 0 Å². The van der Waals surface area contributed by atoms with E-state index in [-0.39, 0.29) is 10.2 Å². The predicted molar refractivity (Wildman–Crippen MR) is 106 cm³/mol. The average molecular weight is 343 g/mol. The van der Waals surface area contributed by atoms with Gasteiger partial charge in [0.2, 0.25) is 0 Å². The summed E-state index contributed by atoms with van der Waals surface area (Å²) in [5.74, 6) is 0. The van der Waals surface area contributed by atoms with E-state index in [1.807, 2.05) is 18.0 Å². The summed E-state index contributed by atoms with van der Waals surface area (Å²) in [7, 11) is 0. The third-order valence-electron chi connectivity index (χ3n) is 5.74. The van der Waals surface area contributed by atoms with E-state index in [9.17, 15) is 0 Å². The molecule has 0 fully saturated rings. The fourth-order valence-electron chi connectivity index (χ4n) is 4.60. The summed E-state index contributed by atoms with van der Waals surface area (Å²) in [6, 6.07) is 17.8. The summed E-state index contributed by atoms with van der Waals surface area (Å²) in [4.78, 5) is 6.11. The van der Waals surface area contributed by atoms with Crippen LogP contribution >= 0.6 is 11.8 Å². The highest BCUT2D eigenvalue weighted by atomic mass is 32.2. The van der Waals surface area contributed by atoms with Gasteiger partial charge in [0.25, 0.3) is 0 Å². The summed E-state index contributed by atoms with van der Waals surface area (Å²) in [6.07, 6.45) is 1.91. The van der Waals surface area contributed by atoms with Crippen molar-refractivity contribution in [1.82, 2.24) is 4.98 Å². The molecule has 0 saturated heterocycles. The van der Waals surface area contributed by atoms with Crippen molar-refractivity contribution >= 4 is 11.8 Å². The van der Waals surface area contributed by atoms with Crippen LogP contribution in [-0.4, -0.2) is 4.98 Å². The van der Waals surface area contributed by atoms with Crippen molar-refractivity contribution in [1.29, 1.82) is 0 Å². The molecule has 124 valence electrons. The smallest absolute Gasteiger partial charge is 0.0746 e. The van der Waals surface area contributed by atoms with Crippen molar-refractivity contribution < 1.29 is 0 Å². The summed E-state index contributed by atoms with van der Waals surface area (Å²) in [6.45, 7) is 9.33. The Bertz CT molecular complexity index is 1030. The lowest BCUT2D eigenvalue weighted by Gasteiger charge is -2.36. The second-order valence-corrected chi connectivity index (χ2v) is 9.71. The molecule has 1 aromatic heterocycles. The molecule has 0 N–H and O–H groups in total. The maximum absolute atomic E-state index is 4.72. The van der Waals surface area contributed by atoms with Crippen molar-refractivity contribution in [3.8, 4) is 22.4 Å². The molecule has 2 heteroatoms. The van der Waals surface area contributed by atoms with Crippen molar-refractivity contribution in [2.75, 3.05) is 0 Å². The monoisotopic (exact) mass is 343 g/mol. The van der Waals surface area contributed by atoms with E-state index in [0.717, 1.165) is 5.69 Å². The van der Waals surface area contributed by atoms with Crippen molar-refractivity contribution in [2.45, 2.75) is 42.8 Å². The number of hydrogen-bond acceptors (Lipinski definition) is 2. The molecular formula is C23H21NS. The number of hydrogen-bond donors (Lipinski definition) is 0. The highest BCUT2D eigenvalue weighted by molar-refractivity contribution is 8.00. The minimum atomic E-state index is -0.0283. The maximum Gasteiger partial charge on any atom is 0.0746 e. The molecule has 25 heavy (non-hydrogen) atoms. The molecule has 2 heterocycles. The van der Waals surface area contributed by atoms with Crippen LogP contribution in [0.25, 0.3) is 22.4 Å². The van der Waals surface area contributed by atoms with Gasteiger partial charge in [0.15, 0.2) is 0 Å². The summed E-state index contributed by atoms with van der Waals surface area (Å²) in [5.41, 5.74) is 9.44. The molecule has 1 aliphatic heterocycles. The Hall–Kier alpha value is -2.06. The first-order valence-corrected chi connectivity index (χ1v) is 9.65. The minimum absolute atomic E-state index is 0.0283. The Labute approximate surface area is 153 Å². The Morgan fingerprint density at radius 3 is 2.40 bits per heavy atom. The zero-order valence-corrected chi connectivity index (χ0v) is 15.9. The number of fused-ring (bicyclic) bond motifs is 7. The average Bonchev–Trinajstić information content (AvgIpc) is 2.83. The largest absolute Gasteiger partial charge is 0.256 e. The molecule has 0 radical (unpaired) electrons. The molecule has 1 aliphatic carbocycles. The van der Waals surface area contributed by atoms with Gasteiger partial charge in [0.1, 0.15) is 0 Å². The van der Waals surface area contributed by atoms with Gasteiger partial charge >= 0.3 is 0 Å². The third-order valence-corrected chi connectivity index (χ3v) is 7.03. The summed E-state index contributed by atoms with van der Waals surface area (Å²) < 4.78 is 0.0890. The molecule has 3 aromatic rings. The number of thioether (sulfide) groups is 1. The molecule has 2 aliphatic rings. The summed E-state index contributed by atoms with van der Waals surface area (Å²) >= 11 is 1.98. The van der Waals surface area contributed by atoms with E-state index in [1.165, 1.54) is 38.3 Å². The molecule has 0 unspecified atom stereocenters. The van der Waals surface area contributed by atoms with Gasteiger partial charge in [-0.25, -0.2) is 0 Å². The Balaban J connectivity index is 1.90. The van der Waals surface area contributed by atoms with Gasteiger partial charge in [-0.3, -0.25) is 4.98 Å². The lowest BCUT2D eigenvalue weighted by molar-refractivity contribution is 0.657. The van der Waals surface area contributed by atoms with Crippen LogP contribution < -0.4 is 0 Å². The lowest BCUT2D eigenvalue weighted by Crippen LogP contribution is -2.21. The molecule has 5 rings (SSSR count). The fourth-order valence-corrected chi connectivity index (χ4v) is 5.89. The predicted octanol–water partition coefficient (Wildman–Crippen LogP) is 6.40. The fraction of sp³-hybridized carbons (Fsp3) is 0.261. The summed E-state index contributed by atoms with van der Waals surface area (Å²) in [5, 5.41) is 0. The zero-order chi connectivity index (χ0) is 17.4. The SMILES string of the molecule is CC1(C)Sc2ccc3c(c2-c2ccccc21)C(C)(C)c1cccnc1-3. The number of rotatable bonds is 0. The van der Waals surface area contributed by atoms with Crippen LogP contribution in [0.1, 0.15) is 44.4 Å². The quantitative estimate of drug-likeness (QED) is 0.469. The first-order valence-electron chi connectivity index (χ1n) is 8.83. The van der Waals surface area contributed by atoms with E-state index in [1.54, 1.807) is 0 Å². The molecule has 0 spiro atoms. The first-order chi connectivity index (χ1) is 11.9. The van der Waals surface area contributed by atoms with Gasteiger partial charge in [0.05, 0.1) is 5.69 Å². The van der Waals surface area contributed by atoms with Crippen LogP contribution in [0.3, 0.4) is 0 Å². The van der Waals surface area contributed by atoms with Crippen LogP contribution in [-0.2, 0) is 10.2 Å². The van der Waals surface area contributed by atoms with Gasteiger partial charge in [-0.2, -0.15) is 0 Å². The van der Waals surface area contributed by atoms with Gasteiger partial charge in [-0.1, -0.05) is 50.2 Å². The minimum Gasteiger partial charge on any atom is -0.256 e. The molecule has 0 atom stereocenters. The number of benzene rings is 2. The molecule has 2 aromatic carbocycles. The van der Waals surface area contributed by atoms with Crippen molar-refractivity contribution in [3.05, 3.63) is 71.4 Å². The van der Waals surface area contributed by atoms with Gasteiger partial charge in [-0.05, 0) is 48.2 Å². The van der Waals surface area contributed by atoms with E-state index < -0.39 is 0 Å². The van der Waals surface area contributed by atoms with E-state index in [4.69, 9.17) is 4.98 Å². The second-order valence-electron chi connectivity index (χ2n) is 8.04. The van der Waals surface area contributed by atoms with Crippen LogP contribution in [0.15, 0.2) is 59.6 Å². The van der Waals surface area contributed by atoms with Crippen LogP contribution in [0.2, 0.25) is 0 Å². The molecule has 0 bridgehead atoms. The van der Waals surface area contributed by atoms with E-state index in [0.29, 0.717) is 0 Å².